The van der Waals surface area contributed by atoms with E-state index in [4.69, 9.17) is 4.52 Å². The lowest BCUT2D eigenvalue weighted by Crippen LogP contribution is -2.28. The predicted molar refractivity (Wildman–Crippen MR) is 74.4 cm³/mol. The third kappa shape index (κ3) is 3.61. The minimum absolute atomic E-state index is 0.216. The van der Waals surface area contributed by atoms with E-state index in [0.717, 1.165) is 10.0 Å². The van der Waals surface area contributed by atoms with Crippen molar-refractivity contribution in [3.8, 4) is 11.4 Å². The van der Waals surface area contributed by atoms with Gasteiger partial charge in [-0.05, 0) is 27.4 Å². The molecule has 0 spiro atoms. The lowest BCUT2D eigenvalue weighted by atomic mass is 9.87. The zero-order valence-electron chi connectivity index (χ0n) is 11.1. The number of pyridine rings is 1. The van der Waals surface area contributed by atoms with Crippen LogP contribution in [0.2, 0.25) is 0 Å². The highest BCUT2D eigenvalue weighted by atomic mass is 79.9. The summed E-state index contributed by atoms with van der Waals surface area (Å²) in [4.78, 5) is 8.33. The lowest BCUT2D eigenvalue weighted by Gasteiger charge is -2.24. The fourth-order valence-electron chi connectivity index (χ4n) is 1.46. The fourth-order valence-corrected chi connectivity index (χ4v) is 1.83. The molecule has 0 saturated heterocycles. The highest BCUT2D eigenvalue weighted by Crippen LogP contribution is 2.23. The van der Waals surface area contributed by atoms with Gasteiger partial charge in [0.05, 0.1) is 12.5 Å². The molecule has 0 radical (unpaired) electrons. The van der Waals surface area contributed by atoms with Gasteiger partial charge in [-0.15, -0.1) is 0 Å². The second kappa shape index (κ2) is 5.38. The normalized spacial score (nSPS) is 13.5. The molecular weight excluding hydrogens is 310 g/mol. The number of aliphatic hydroxyl groups excluding tert-OH is 1. The van der Waals surface area contributed by atoms with E-state index in [9.17, 15) is 5.11 Å². The number of halogens is 1. The molecule has 0 fully saturated rings. The molecule has 0 amide bonds. The Hall–Kier alpha value is -1.27. The number of nitrogens with zero attached hydrogens (tertiary/aromatic N) is 3. The smallest absolute Gasteiger partial charge is 0.229 e. The first-order chi connectivity index (χ1) is 8.86. The molecule has 102 valence electrons. The van der Waals surface area contributed by atoms with E-state index in [-0.39, 0.29) is 5.41 Å². The van der Waals surface area contributed by atoms with Gasteiger partial charge in [-0.3, -0.25) is 4.98 Å². The third-order valence-electron chi connectivity index (χ3n) is 2.80. The maximum atomic E-state index is 10.0. The van der Waals surface area contributed by atoms with Gasteiger partial charge in [0.2, 0.25) is 11.7 Å². The van der Waals surface area contributed by atoms with Crippen molar-refractivity contribution >= 4 is 15.9 Å². The fraction of sp³-hybridized carbons (Fsp3) is 0.462. The van der Waals surface area contributed by atoms with Crippen LogP contribution in [0, 0.1) is 5.41 Å². The number of aromatic nitrogens is 3. The van der Waals surface area contributed by atoms with Crippen molar-refractivity contribution in [1.82, 2.24) is 15.1 Å². The summed E-state index contributed by atoms with van der Waals surface area (Å²) in [6, 6.07) is 1.86. The maximum absolute atomic E-state index is 10.0. The monoisotopic (exact) mass is 325 g/mol. The number of hydrogen-bond donors (Lipinski definition) is 1. The molecule has 2 heterocycles. The molecule has 1 N–H and O–H groups in total. The number of rotatable bonds is 3. The second-order valence-corrected chi connectivity index (χ2v) is 6.41. The Morgan fingerprint density at radius 2 is 2.11 bits per heavy atom. The van der Waals surface area contributed by atoms with Crippen molar-refractivity contribution < 1.29 is 9.63 Å². The third-order valence-corrected chi connectivity index (χ3v) is 3.23. The van der Waals surface area contributed by atoms with Crippen LogP contribution >= 0.6 is 15.9 Å². The van der Waals surface area contributed by atoms with Crippen molar-refractivity contribution in [1.29, 1.82) is 0 Å². The SMILES string of the molecule is CC(C)(C)C(O)Cc1nc(-c2cncc(Br)c2)no1. The summed E-state index contributed by atoms with van der Waals surface area (Å²) in [6.07, 6.45) is 3.17. The van der Waals surface area contributed by atoms with Crippen molar-refractivity contribution in [2.45, 2.75) is 33.3 Å². The molecule has 2 aromatic heterocycles. The Balaban J connectivity index is 2.16. The summed E-state index contributed by atoms with van der Waals surface area (Å²) in [5.74, 6) is 0.905. The van der Waals surface area contributed by atoms with Gasteiger partial charge in [0.1, 0.15) is 0 Å². The molecule has 1 unspecified atom stereocenters. The van der Waals surface area contributed by atoms with Gasteiger partial charge in [0.25, 0.3) is 0 Å². The average Bonchev–Trinajstić information content (AvgIpc) is 2.76. The Morgan fingerprint density at radius 3 is 2.74 bits per heavy atom. The molecule has 6 heteroatoms. The summed E-state index contributed by atoms with van der Waals surface area (Å²) in [5.41, 5.74) is 0.556. The molecule has 0 aromatic carbocycles. The highest BCUT2D eigenvalue weighted by Gasteiger charge is 2.24. The first-order valence-corrected chi connectivity index (χ1v) is 6.77. The van der Waals surface area contributed by atoms with Crippen LogP contribution in [0.1, 0.15) is 26.7 Å². The molecule has 0 aliphatic carbocycles. The first-order valence-electron chi connectivity index (χ1n) is 5.98. The van der Waals surface area contributed by atoms with E-state index in [1.54, 1.807) is 12.4 Å². The average molecular weight is 326 g/mol. The summed E-state index contributed by atoms with van der Waals surface area (Å²) in [7, 11) is 0. The van der Waals surface area contributed by atoms with Crippen LogP contribution < -0.4 is 0 Å². The number of hydrogen-bond acceptors (Lipinski definition) is 5. The van der Waals surface area contributed by atoms with E-state index >= 15 is 0 Å². The summed E-state index contributed by atoms with van der Waals surface area (Å²) >= 11 is 3.34. The minimum Gasteiger partial charge on any atom is -0.392 e. The van der Waals surface area contributed by atoms with E-state index < -0.39 is 6.10 Å². The van der Waals surface area contributed by atoms with Crippen LogP contribution in [0.15, 0.2) is 27.5 Å². The highest BCUT2D eigenvalue weighted by molar-refractivity contribution is 9.10. The van der Waals surface area contributed by atoms with Crippen LogP contribution in [0.3, 0.4) is 0 Å². The first kappa shape index (κ1) is 14.1. The Labute approximate surface area is 120 Å². The Bertz CT molecular complexity index is 563. The molecule has 0 saturated carbocycles. The molecule has 2 rings (SSSR count). The molecule has 19 heavy (non-hydrogen) atoms. The summed E-state index contributed by atoms with van der Waals surface area (Å²) < 4.78 is 6.01. The molecular formula is C13H16BrN3O2. The Morgan fingerprint density at radius 1 is 1.37 bits per heavy atom. The van der Waals surface area contributed by atoms with E-state index in [1.807, 2.05) is 26.8 Å². The van der Waals surface area contributed by atoms with Gasteiger partial charge in [-0.2, -0.15) is 4.98 Å². The maximum Gasteiger partial charge on any atom is 0.229 e. The summed E-state index contributed by atoms with van der Waals surface area (Å²) in [6.45, 7) is 5.90. The zero-order valence-corrected chi connectivity index (χ0v) is 12.7. The molecule has 0 aliphatic heterocycles. The van der Waals surface area contributed by atoms with Crippen LogP contribution in [0.5, 0.6) is 0 Å². The second-order valence-electron chi connectivity index (χ2n) is 5.49. The Kier molecular flexibility index (Phi) is 4.01. The van der Waals surface area contributed by atoms with Crippen LogP contribution in [-0.4, -0.2) is 26.3 Å². The standard InChI is InChI=1S/C13H16BrN3O2/c1-13(2,3)10(18)5-11-16-12(17-19-11)8-4-9(14)7-15-6-8/h4,6-7,10,18H,5H2,1-3H3. The zero-order chi connectivity index (χ0) is 14.0. The molecule has 1 atom stereocenters. The lowest BCUT2D eigenvalue weighted by molar-refractivity contribution is 0.0565. The number of aliphatic hydroxyl groups is 1. The van der Waals surface area contributed by atoms with Gasteiger partial charge < -0.3 is 9.63 Å². The molecule has 5 nitrogen and oxygen atoms in total. The topological polar surface area (TPSA) is 72.0 Å². The van der Waals surface area contributed by atoms with Crippen molar-refractivity contribution in [3.05, 3.63) is 28.8 Å². The van der Waals surface area contributed by atoms with E-state index in [1.165, 1.54) is 0 Å². The predicted octanol–water partition coefficient (Wildman–Crippen LogP) is 2.84. The van der Waals surface area contributed by atoms with Gasteiger partial charge in [0.15, 0.2) is 0 Å². The molecule has 0 aliphatic rings. The summed E-state index contributed by atoms with van der Waals surface area (Å²) in [5, 5.41) is 13.9. The molecule has 2 aromatic rings. The van der Waals surface area contributed by atoms with Crippen LogP contribution in [0.25, 0.3) is 11.4 Å². The van der Waals surface area contributed by atoms with E-state index in [0.29, 0.717) is 18.1 Å². The van der Waals surface area contributed by atoms with Gasteiger partial charge in [-0.25, -0.2) is 0 Å². The van der Waals surface area contributed by atoms with Crippen LogP contribution in [-0.2, 0) is 6.42 Å². The van der Waals surface area contributed by atoms with Crippen LogP contribution in [0.4, 0.5) is 0 Å². The van der Waals surface area contributed by atoms with E-state index in [2.05, 4.69) is 31.1 Å². The van der Waals surface area contributed by atoms with Crippen molar-refractivity contribution in [2.75, 3.05) is 0 Å². The van der Waals surface area contributed by atoms with Crippen molar-refractivity contribution in [3.63, 3.8) is 0 Å². The van der Waals surface area contributed by atoms with Gasteiger partial charge in [0, 0.05) is 22.4 Å². The largest absolute Gasteiger partial charge is 0.392 e. The molecule has 0 bridgehead atoms. The van der Waals surface area contributed by atoms with Gasteiger partial charge in [-0.1, -0.05) is 25.9 Å². The van der Waals surface area contributed by atoms with Gasteiger partial charge >= 0.3 is 0 Å². The minimum atomic E-state index is -0.526. The van der Waals surface area contributed by atoms with Crippen molar-refractivity contribution in [2.24, 2.45) is 5.41 Å². The quantitative estimate of drug-likeness (QED) is 0.939.